The van der Waals surface area contributed by atoms with Crippen molar-refractivity contribution >= 4 is 29.6 Å². The van der Waals surface area contributed by atoms with Gasteiger partial charge in [0.1, 0.15) is 11.6 Å². The smallest absolute Gasteiger partial charge is 0.408 e. The van der Waals surface area contributed by atoms with Gasteiger partial charge < -0.3 is 20.5 Å². The summed E-state index contributed by atoms with van der Waals surface area (Å²) in [7, 11) is 0. The Hall–Kier alpha value is -2.28. The number of carboxylic acids is 1. The van der Waals surface area contributed by atoms with Crippen molar-refractivity contribution in [2.75, 3.05) is 6.54 Å². The number of hydrogen-bond donors (Lipinski definition) is 3. The molecule has 0 bridgehead atoms. The van der Waals surface area contributed by atoms with Gasteiger partial charge >= 0.3 is 12.1 Å². The van der Waals surface area contributed by atoms with Crippen molar-refractivity contribution in [3.05, 3.63) is 34.9 Å². The lowest BCUT2D eigenvalue weighted by Crippen LogP contribution is -2.51. The third-order valence-electron chi connectivity index (χ3n) is 3.91. The number of amides is 2. The van der Waals surface area contributed by atoms with Gasteiger partial charge in [0.2, 0.25) is 5.91 Å². The molecule has 2 amide bonds. The van der Waals surface area contributed by atoms with Crippen molar-refractivity contribution < 1.29 is 24.2 Å². The maximum absolute atomic E-state index is 12.6. The SMILES string of the molecule is CC(C)C(NC(=O)OC(C)(C)C)C(=O)NCC(CC(=O)O)c1ccc(Cl)cc1. The number of rotatable bonds is 8. The van der Waals surface area contributed by atoms with Gasteiger partial charge in [0.25, 0.3) is 0 Å². The normalized spacial score (nSPS) is 13.5. The molecule has 0 aromatic heterocycles. The molecule has 1 aromatic rings. The second-order valence-electron chi connectivity index (χ2n) is 7.96. The van der Waals surface area contributed by atoms with Gasteiger partial charge in [-0.3, -0.25) is 9.59 Å². The van der Waals surface area contributed by atoms with Crippen LogP contribution in [0.4, 0.5) is 4.79 Å². The van der Waals surface area contributed by atoms with Crippen LogP contribution in [0.2, 0.25) is 5.02 Å². The fourth-order valence-corrected chi connectivity index (χ4v) is 2.68. The highest BCUT2D eigenvalue weighted by molar-refractivity contribution is 6.30. The predicted octanol–water partition coefficient (Wildman–Crippen LogP) is 3.56. The van der Waals surface area contributed by atoms with Crippen LogP contribution in [0.1, 0.15) is 52.5 Å². The molecule has 7 nitrogen and oxygen atoms in total. The highest BCUT2D eigenvalue weighted by atomic mass is 35.5. The molecule has 1 rings (SSSR count). The van der Waals surface area contributed by atoms with E-state index in [1.54, 1.807) is 58.9 Å². The van der Waals surface area contributed by atoms with Crippen LogP contribution in [0, 0.1) is 5.92 Å². The molecule has 8 heteroatoms. The molecule has 28 heavy (non-hydrogen) atoms. The van der Waals surface area contributed by atoms with Gasteiger partial charge in [-0.15, -0.1) is 0 Å². The molecule has 0 saturated carbocycles. The van der Waals surface area contributed by atoms with Gasteiger partial charge in [-0.1, -0.05) is 37.6 Å². The molecule has 0 radical (unpaired) electrons. The molecule has 0 fully saturated rings. The minimum atomic E-state index is -0.971. The van der Waals surface area contributed by atoms with Crippen LogP contribution in [-0.4, -0.2) is 41.3 Å². The van der Waals surface area contributed by atoms with Gasteiger partial charge in [-0.05, 0) is 44.4 Å². The first kappa shape index (κ1) is 23.8. The van der Waals surface area contributed by atoms with E-state index in [2.05, 4.69) is 10.6 Å². The zero-order valence-corrected chi connectivity index (χ0v) is 17.7. The van der Waals surface area contributed by atoms with Gasteiger partial charge in [-0.25, -0.2) is 4.79 Å². The lowest BCUT2D eigenvalue weighted by Gasteiger charge is -2.26. The van der Waals surface area contributed by atoms with E-state index >= 15 is 0 Å². The Morgan fingerprint density at radius 1 is 1.14 bits per heavy atom. The van der Waals surface area contributed by atoms with Crippen LogP contribution in [0.15, 0.2) is 24.3 Å². The minimum Gasteiger partial charge on any atom is -0.481 e. The lowest BCUT2D eigenvalue weighted by molar-refractivity contribution is -0.137. The Bertz CT molecular complexity index is 683. The molecule has 0 aliphatic carbocycles. The first-order valence-electron chi connectivity index (χ1n) is 9.13. The lowest BCUT2D eigenvalue weighted by atomic mass is 9.95. The number of carboxylic acid groups (broad SMARTS) is 1. The highest BCUT2D eigenvalue weighted by Gasteiger charge is 2.27. The van der Waals surface area contributed by atoms with E-state index in [1.165, 1.54) is 0 Å². The average Bonchev–Trinajstić information content (AvgIpc) is 2.54. The number of nitrogens with one attached hydrogen (secondary N) is 2. The first-order valence-corrected chi connectivity index (χ1v) is 9.51. The van der Waals surface area contributed by atoms with E-state index in [0.717, 1.165) is 5.56 Å². The van der Waals surface area contributed by atoms with Crippen molar-refractivity contribution in [3.8, 4) is 0 Å². The summed E-state index contributed by atoms with van der Waals surface area (Å²) in [5.74, 6) is -1.97. The summed E-state index contributed by atoms with van der Waals surface area (Å²) in [6.07, 6.45) is -0.825. The Balaban J connectivity index is 2.80. The van der Waals surface area contributed by atoms with E-state index in [9.17, 15) is 19.5 Å². The third kappa shape index (κ3) is 8.61. The summed E-state index contributed by atoms with van der Waals surface area (Å²) in [6.45, 7) is 8.93. The second-order valence-corrected chi connectivity index (χ2v) is 8.40. The monoisotopic (exact) mass is 412 g/mol. The van der Waals surface area contributed by atoms with Gasteiger partial charge in [-0.2, -0.15) is 0 Å². The number of aliphatic carboxylic acids is 1. The molecule has 1 aromatic carbocycles. The molecule has 2 unspecified atom stereocenters. The first-order chi connectivity index (χ1) is 12.9. The summed E-state index contributed by atoms with van der Waals surface area (Å²) in [6, 6.07) is 6.02. The molecule has 0 saturated heterocycles. The Morgan fingerprint density at radius 3 is 2.18 bits per heavy atom. The van der Waals surface area contributed by atoms with Crippen molar-refractivity contribution in [1.29, 1.82) is 0 Å². The zero-order valence-electron chi connectivity index (χ0n) is 16.9. The van der Waals surface area contributed by atoms with Crippen LogP contribution in [0.25, 0.3) is 0 Å². The molecule has 0 aliphatic heterocycles. The predicted molar refractivity (Wildman–Crippen MR) is 107 cm³/mol. The van der Waals surface area contributed by atoms with E-state index in [4.69, 9.17) is 16.3 Å². The Morgan fingerprint density at radius 2 is 1.71 bits per heavy atom. The summed E-state index contributed by atoms with van der Waals surface area (Å²) < 4.78 is 5.21. The maximum atomic E-state index is 12.6. The molecule has 0 aliphatic rings. The zero-order chi connectivity index (χ0) is 21.5. The van der Waals surface area contributed by atoms with E-state index < -0.39 is 35.5 Å². The second kappa shape index (κ2) is 10.3. The molecular weight excluding hydrogens is 384 g/mol. The van der Waals surface area contributed by atoms with Gasteiger partial charge in [0, 0.05) is 17.5 Å². The van der Waals surface area contributed by atoms with E-state index in [1.807, 2.05) is 0 Å². The average molecular weight is 413 g/mol. The topological polar surface area (TPSA) is 105 Å². The summed E-state index contributed by atoms with van der Waals surface area (Å²) in [4.78, 5) is 35.8. The maximum Gasteiger partial charge on any atom is 0.408 e. The molecule has 0 heterocycles. The van der Waals surface area contributed by atoms with Gasteiger partial charge in [0.05, 0.1) is 6.42 Å². The number of hydrogen-bond acceptors (Lipinski definition) is 4. The summed E-state index contributed by atoms with van der Waals surface area (Å²) >= 11 is 5.88. The summed E-state index contributed by atoms with van der Waals surface area (Å²) in [5, 5.41) is 15.0. The number of alkyl carbamates (subject to hydrolysis) is 1. The number of benzene rings is 1. The number of carbonyl (C=O) groups excluding carboxylic acids is 2. The van der Waals surface area contributed by atoms with E-state index in [-0.39, 0.29) is 18.9 Å². The van der Waals surface area contributed by atoms with Crippen molar-refractivity contribution in [3.63, 3.8) is 0 Å². The molecule has 3 N–H and O–H groups in total. The Kier molecular flexibility index (Phi) is 8.75. The number of ether oxygens (including phenoxy) is 1. The van der Waals surface area contributed by atoms with Crippen LogP contribution >= 0.6 is 11.6 Å². The third-order valence-corrected chi connectivity index (χ3v) is 4.16. The van der Waals surface area contributed by atoms with Crippen molar-refractivity contribution in [2.45, 2.75) is 58.6 Å². The number of carbonyl (C=O) groups is 3. The molecule has 156 valence electrons. The van der Waals surface area contributed by atoms with E-state index in [0.29, 0.717) is 5.02 Å². The molecule has 0 spiro atoms. The van der Waals surface area contributed by atoms with Crippen LogP contribution in [0.3, 0.4) is 0 Å². The van der Waals surface area contributed by atoms with Crippen molar-refractivity contribution in [2.24, 2.45) is 5.92 Å². The molecular formula is C20H29ClN2O5. The largest absolute Gasteiger partial charge is 0.481 e. The fourth-order valence-electron chi connectivity index (χ4n) is 2.56. The number of halogens is 1. The highest BCUT2D eigenvalue weighted by Crippen LogP contribution is 2.21. The summed E-state index contributed by atoms with van der Waals surface area (Å²) in [5.41, 5.74) is 0.0804. The van der Waals surface area contributed by atoms with Crippen LogP contribution in [-0.2, 0) is 14.3 Å². The minimum absolute atomic E-state index is 0.117. The van der Waals surface area contributed by atoms with Crippen LogP contribution in [0.5, 0.6) is 0 Å². The van der Waals surface area contributed by atoms with Crippen molar-refractivity contribution in [1.82, 2.24) is 10.6 Å². The Labute approximate surface area is 170 Å². The molecule has 2 atom stereocenters. The fraction of sp³-hybridized carbons (Fsp3) is 0.550. The standard InChI is InChI=1S/C20H29ClN2O5/c1-12(2)17(23-19(27)28-20(3,4)5)18(26)22-11-14(10-16(24)25)13-6-8-15(21)9-7-13/h6-9,12,14,17H,10-11H2,1-5H3,(H,22,26)(H,23,27)(H,24,25). The van der Waals surface area contributed by atoms with Crippen LogP contribution < -0.4 is 10.6 Å². The quantitative estimate of drug-likeness (QED) is 0.605. The van der Waals surface area contributed by atoms with Gasteiger partial charge in [0.15, 0.2) is 0 Å².